The minimum absolute atomic E-state index is 0.0205. The molecule has 0 unspecified atom stereocenters. The van der Waals surface area contributed by atoms with E-state index in [9.17, 15) is 17.6 Å². The fraction of sp³-hybridized carbons (Fsp3) is 0.130. The molecule has 0 atom stereocenters. The second kappa shape index (κ2) is 8.56. The number of fused-ring (bicyclic) bond motifs is 1. The van der Waals surface area contributed by atoms with Gasteiger partial charge in [-0.1, -0.05) is 66.8 Å². The summed E-state index contributed by atoms with van der Waals surface area (Å²) in [6.45, 7) is 1.70. The van der Waals surface area contributed by atoms with Crippen LogP contribution < -0.4 is 4.90 Å². The van der Waals surface area contributed by atoms with Gasteiger partial charge in [0.25, 0.3) is 5.91 Å². The van der Waals surface area contributed by atoms with Crippen molar-refractivity contribution in [3.05, 3.63) is 89.7 Å². The molecule has 4 aromatic rings. The summed E-state index contributed by atoms with van der Waals surface area (Å²) in [6.07, 6.45) is 0. The Hall–Kier alpha value is -3.10. The van der Waals surface area contributed by atoms with E-state index in [4.69, 9.17) is 0 Å². The largest absolute Gasteiger partial charge is 0.279 e. The second-order valence-electron chi connectivity index (χ2n) is 6.86. The minimum Gasteiger partial charge on any atom is -0.279 e. The summed E-state index contributed by atoms with van der Waals surface area (Å²) in [7, 11) is -3.62. The van der Waals surface area contributed by atoms with Crippen molar-refractivity contribution in [3.63, 3.8) is 0 Å². The fourth-order valence-electron chi connectivity index (χ4n) is 3.23. The summed E-state index contributed by atoms with van der Waals surface area (Å²) < 4.78 is 40.0. The van der Waals surface area contributed by atoms with E-state index in [0.29, 0.717) is 9.83 Å². The van der Waals surface area contributed by atoms with Crippen molar-refractivity contribution in [1.29, 1.82) is 0 Å². The number of benzene rings is 3. The number of sulfone groups is 1. The summed E-state index contributed by atoms with van der Waals surface area (Å²) in [6, 6.07) is 20.1. The predicted molar refractivity (Wildman–Crippen MR) is 121 cm³/mol. The number of rotatable bonds is 6. The quantitative estimate of drug-likeness (QED) is 0.408. The van der Waals surface area contributed by atoms with Crippen LogP contribution in [0.25, 0.3) is 10.2 Å². The van der Waals surface area contributed by atoms with Crippen LogP contribution in [0.15, 0.2) is 77.7 Å². The van der Waals surface area contributed by atoms with Gasteiger partial charge in [0, 0.05) is 0 Å². The summed E-state index contributed by atoms with van der Waals surface area (Å²) in [4.78, 5) is 19.4. The minimum atomic E-state index is -3.62. The van der Waals surface area contributed by atoms with Gasteiger partial charge in [0.2, 0.25) is 0 Å². The van der Waals surface area contributed by atoms with E-state index in [1.807, 2.05) is 30.3 Å². The first-order valence-corrected chi connectivity index (χ1v) is 12.1. The van der Waals surface area contributed by atoms with E-state index in [-0.39, 0.29) is 28.3 Å². The third kappa shape index (κ3) is 4.22. The Morgan fingerprint density at radius 3 is 2.42 bits per heavy atom. The Kier molecular flexibility index (Phi) is 5.84. The van der Waals surface area contributed by atoms with Crippen LogP contribution in [0.5, 0.6) is 0 Å². The molecule has 8 heteroatoms. The maximum absolute atomic E-state index is 14.2. The van der Waals surface area contributed by atoms with Crippen molar-refractivity contribution in [1.82, 2.24) is 4.98 Å². The molecule has 0 radical (unpaired) electrons. The summed E-state index contributed by atoms with van der Waals surface area (Å²) in [5, 5.41) is 0.303. The standard InChI is InChI=1S/C23H19FN2O3S2/c1-2-31(28,29)20-14-7-6-11-17(20)22(27)26(15-16-9-4-3-5-10-16)23-25-21-18(24)12-8-13-19(21)30-23/h3-14H,2,15H2,1H3. The van der Waals surface area contributed by atoms with Crippen LogP contribution in [-0.2, 0) is 16.4 Å². The molecule has 158 valence electrons. The number of hydrogen-bond acceptors (Lipinski definition) is 5. The van der Waals surface area contributed by atoms with E-state index in [1.54, 1.807) is 24.3 Å². The lowest BCUT2D eigenvalue weighted by atomic mass is 10.1. The van der Waals surface area contributed by atoms with Gasteiger partial charge in [-0.15, -0.1) is 0 Å². The van der Waals surface area contributed by atoms with E-state index in [0.717, 1.165) is 5.56 Å². The van der Waals surface area contributed by atoms with E-state index >= 15 is 0 Å². The Morgan fingerprint density at radius 1 is 1.00 bits per heavy atom. The lowest BCUT2D eigenvalue weighted by molar-refractivity contribution is 0.0982. The average molecular weight is 455 g/mol. The normalized spacial score (nSPS) is 11.5. The van der Waals surface area contributed by atoms with Gasteiger partial charge in [-0.2, -0.15) is 0 Å². The van der Waals surface area contributed by atoms with Gasteiger partial charge in [0.1, 0.15) is 11.3 Å². The molecule has 0 aliphatic heterocycles. The highest BCUT2D eigenvalue weighted by Crippen LogP contribution is 2.33. The predicted octanol–water partition coefficient (Wildman–Crippen LogP) is 5.08. The Morgan fingerprint density at radius 2 is 1.71 bits per heavy atom. The van der Waals surface area contributed by atoms with Gasteiger partial charge in [0.05, 0.1) is 27.5 Å². The van der Waals surface area contributed by atoms with Crippen molar-refractivity contribution >= 4 is 42.4 Å². The third-order valence-electron chi connectivity index (χ3n) is 4.85. The number of halogens is 1. The Bertz CT molecular complexity index is 1350. The van der Waals surface area contributed by atoms with Gasteiger partial charge >= 0.3 is 0 Å². The number of thiazole rings is 1. The molecule has 0 saturated heterocycles. The molecule has 0 bridgehead atoms. The third-order valence-corrected chi connectivity index (χ3v) is 7.68. The lowest BCUT2D eigenvalue weighted by Crippen LogP contribution is -2.31. The van der Waals surface area contributed by atoms with Crippen molar-refractivity contribution < 1.29 is 17.6 Å². The molecule has 0 N–H and O–H groups in total. The molecule has 0 spiro atoms. The average Bonchev–Trinajstić information content (AvgIpc) is 3.23. The molecule has 1 heterocycles. The van der Waals surface area contributed by atoms with Crippen molar-refractivity contribution in [2.75, 3.05) is 10.7 Å². The SMILES string of the molecule is CCS(=O)(=O)c1ccccc1C(=O)N(Cc1ccccc1)c1nc2c(F)cccc2s1. The van der Waals surface area contributed by atoms with Crippen molar-refractivity contribution in [2.45, 2.75) is 18.4 Å². The van der Waals surface area contributed by atoms with Crippen LogP contribution in [0.1, 0.15) is 22.8 Å². The highest BCUT2D eigenvalue weighted by Gasteiger charge is 2.27. The van der Waals surface area contributed by atoms with Crippen LogP contribution >= 0.6 is 11.3 Å². The van der Waals surface area contributed by atoms with E-state index in [1.165, 1.54) is 41.4 Å². The van der Waals surface area contributed by atoms with Gasteiger partial charge in [-0.25, -0.2) is 17.8 Å². The molecule has 0 saturated carbocycles. The molecule has 0 fully saturated rings. The highest BCUT2D eigenvalue weighted by molar-refractivity contribution is 7.91. The Balaban J connectivity index is 1.85. The smallest absolute Gasteiger partial charge is 0.261 e. The molecule has 4 rings (SSSR count). The molecular weight excluding hydrogens is 435 g/mol. The maximum atomic E-state index is 14.2. The number of para-hydroxylation sites is 1. The van der Waals surface area contributed by atoms with Gasteiger partial charge in [0.15, 0.2) is 15.0 Å². The zero-order valence-electron chi connectivity index (χ0n) is 16.7. The number of nitrogens with zero attached hydrogens (tertiary/aromatic N) is 2. The van der Waals surface area contributed by atoms with Gasteiger partial charge < -0.3 is 0 Å². The number of anilines is 1. The maximum Gasteiger partial charge on any atom is 0.261 e. The zero-order valence-corrected chi connectivity index (χ0v) is 18.3. The fourth-order valence-corrected chi connectivity index (χ4v) is 5.29. The van der Waals surface area contributed by atoms with Crippen molar-refractivity contribution in [3.8, 4) is 0 Å². The number of carbonyl (C=O) groups excluding carboxylic acids is 1. The molecule has 31 heavy (non-hydrogen) atoms. The lowest BCUT2D eigenvalue weighted by Gasteiger charge is -2.21. The first kappa shape index (κ1) is 21.1. The van der Waals surface area contributed by atoms with Crippen LogP contribution in [0.2, 0.25) is 0 Å². The molecule has 1 aromatic heterocycles. The monoisotopic (exact) mass is 454 g/mol. The molecule has 0 aliphatic carbocycles. The van der Waals surface area contributed by atoms with Crippen LogP contribution in [0, 0.1) is 5.82 Å². The first-order valence-electron chi connectivity index (χ1n) is 9.63. The first-order chi connectivity index (χ1) is 14.9. The van der Waals surface area contributed by atoms with Crippen LogP contribution in [0.4, 0.5) is 9.52 Å². The summed E-state index contributed by atoms with van der Waals surface area (Å²) in [5.74, 6) is -1.10. The molecular formula is C23H19FN2O3S2. The number of carbonyl (C=O) groups is 1. The topological polar surface area (TPSA) is 67.3 Å². The summed E-state index contributed by atoms with van der Waals surface area (Å²) >= 11 is 1.19. The number of hydrogen-bond donors (Lipinski definition) is 0. The van der Waals surface area contributed by atoms with Gasteiger partial charge in [-0.3, -0.25) is 9.69 Å². The second-order valence-corrected chi connectivity index (χ2v) is 10.1. The van der Waals surface area contributed by atoms with Crippen LogP contribution in [-0.4, -0.2) is 25.1 Å². The molecule has 0 aliphatic rings. The van der Waals surface area contributed by atoms with E-state index < -0.39 is 21.6 Å². The Labute approximate surface area is 183 Å². The molecule has 3 aromatic carbocycles. The zero-order chi connectivity index (χ0) is 22.0. The molecule has 5 nitrogen and oxygen atoms in total. The highest BCUT2D eigenvalue weighted by atomic mass is 32.2. The van der Waals surface area contributed by atoms with Crippen molar-refractivity contribution in [2.24, 2.45) is 0 Å². The number of amides is 1. The van der Waals surface area contributed by atoms with E-state index in [2.05, 4.69) is 4.98 Å². The van der Waals surface area contributed by atoms with Crippen LogP contribution in [0.3, 0.4) is 0 Å². The molecule has 1 amide bonds. The number of aromatic nitrogens is 1. The summed E-state index contributed by atoms with van der Waals surface area (Å²) in [5.41, 5.74) is 1.09. The van der Waals surface area contributed by atoms with Gasteiger partial charge in [-0.05, 0) is 29.8 Å².